The molecule has 1 saturated carbocycles. The summed E-state index contributed by atoms with van der Waals surface area (Å²) in [5.74, 6) is 0.500. The fourth-order valence-corrected chi connectivity index (χ4v) is 2.73. The van der Waals surface area contributed by atoms with Crippen molar-refractivity contribution in [3.63, 3.8) is 0 Å². The van der Waals surface area contributed by atoms with E-state index in [1.165, 1.54) is 17.7 Å². The number of para-hydroxylation sites is 1. The predicted octanol–water partition coefficient (Wildman–Crippen LogP) is 3.22. The Morgan fingerprint density at radius 3 is 2.52 bits per heavy atom. The zero-order chi connectivity index (χ0) is 16.7. The van der Waals surface area contributed by atoms with Crippen LogP contribution in [0.1, 0.15) is 39.5 Å². The summed E-state index contributed by atoms with van der Waals surface area (Å²) in [6, 6.07) is 8.89. The van der Waals surface area contributed by atoms with Crippen molar-refractivity contribution < 1.29 is 19.4 Å². The molecular weight excluding hydrogens is 294 g/mol. The third-order valence-corrected chi connectivity index (χ3v) is 4.04. The topological polar surface area (TPSA) is 59.0 Å². The first-order valence-electron chi connectivity index (χ1n) is 8.39. The quantitative estimate of drug-likeness (QED) is 0.838. The van der Waals surface area contributed by atoms with Gasteiger partial charge >= 0.3 is 6.09 Å². The summed E-state index contributed by atoms with van der Waals surface area (Å²) in [6.07, 6.45) is 3.62. The van der Waals surface area contributed by atoms with E-state index in [4.69, 9.17) is 9.47 Å². The minimum absolute atomic E-state index is 0.0626. The largest absolute Gasteiger partial charge is 0.415 e. The molecular formula is C18H27NO4. The normalized spacial score (nSPS) is 16.5. The van der Waals surface area contributed by atoms with Crippen LogP contribution in [0, 0.1) is 0 Å². The lowest BCUT2D eigenvalue weighted by atomic mass is 10.2. The molecule has 1 amide bonds. The van der Waals surface area contributed by atoms with E-state index < -0.39 is 12.2 Å². The van der Waals surface area contributed by atoms with Crippen molar-refractivity contribution in [2.75, 3.05) is 13.2 Å². The van der Waals surface area contributed by atoms with Crippen LogP contribution < -0.4 is 4.74 Å². The van der Waals surface area contributed by atoms with Crippen molar-refractivity contribution >= 4 is 6.09 Å². The van der Waals surface area contributed by atoms with Gasteiger partial charge in [-0.25, -0.2) is 4.79 Å². The van der Waals surface area contributed by atoms with Crippen molar-refractivity contribution in [3.8, 4) is 5.75 Å². The van der Waals surface area contributed by atoms with Gasteiger partial charge in [0.1, 0.15) is 5.75 Å². The summed E-state index contributed by atoms with van der Waals surface area (Å²) in [7, 11) is 0. The summed E-state index contributed by atoms with van der Waals surface area (Å²) in [5.41, 5.74) is 0. The van der Waals surface area contributed by atoms with Gasteiger partial charge in [-0.1, -0.05) is 31.0 Å². The van der Waals surface area contributed by atoms with Crippen LogP contribution in [0.3, 0.4) is 0 Å². The maximum Gasteiger partial charge on any atom is 0.415 e. The molecule has 128 valence electrons. The number of benzene rings is 1. The van der Waals surface area contributed by atoms with E-state index in [1.54, 1.807) is 12.1 Å². The Morgan fingerprint density at radius 1 is 1.26 bits per heavy atom. The lowest BCUT2D eigenvalue weighted by molar-refractivity contribution is -0.0188. The molecule has 1 aromatic rings. The van der Waals surface area contributed by atoms with Gasteiger partial charge in [0.15, 0.2) is 0 Å². The number of nitrogens with zero attached hydrogens (tertiary/aromatic N) is 1. The maximum atomic E-state index is 12.3. The van der Waals surface area contributed by atoms with Crippen LogP contribution in [0.5, 0.6) is 5.75 Å². The maximum absolute atomic E-state index is 12.3. The van der Waals surface area contributed by atoms with Crippen LogP contribution in [-0.2, 0) is 4.74 Å². The monoisotopic (exact) mass is 321 g/mol. The average Bonchev–Trinajstić information content (AvgIpc) is 3.04. The highest BCUT2D eigenvalue weighted by Crippen LogP contribution is 2.21. The fraction of sp³-hybridized carbons (Fsp3) is 0.611. The molecule has 0 saturated heterocycles. The number of carbonyl (C=O) groups is 1. The smallest absolute Gasteiger partial charge is 0.410 e. The molecule has 5 heteroatoms. The van der Waals surface area contributed by atoms with Crippen LogP contribution in [0.25, 0.3) is 0 Å². The molecule has 0 radical (unpaired) electrons. The second-order valence-electron chi connectivity index (χ2n) is 6.32. The molecule has 1 atom stereocenters. The number of amides is 1. The van der Waals surface area contributed by atoms with Crippen molar-refractivity contribution in [1.29, 1.82) is 0 Å². The standard InChI is InChI=1S/C18H27NO4/c1-14(2)19(18(21)23-17-10-4-3-5-11-17)12-15(20)13-22-16-8-6-7-9-16/h3-5,10-11,14-16,20H,6-9,12-13H2,1-2H3. The van der Waals surface area contributed by atoms with Gasteiger partial charge in [0.05, 0.1) is 25.4 Å². The number of carbonyl (C=O) groups excluding carboxylic acids is 1. The van der Waals surface area contributed by atoms with Crippen LogP contribution >= 0.6 is 0 Å². The zero-order valence-corrected chi connectivity index (χ0v) is 14.0. The molecule has 1 unspecified atom stereocenters. The Kier molecular flexibility index (Phi) is 6.86. The first kappa shape index (κ1) is 17.8. The second kappa shape index (κ2) is 8.89. The third kappa shape index (κ3) is 5.84. The molecule has 1 aliphatic rings. The number of rotatable bonds is 7. The number of hydrogen-bond acceptors (Lipinski definition) is 4. The predicted molar refractivity (Wildman–Crippen MR) is 88.5 cm³/mol. The number of aliphatic hydroxyl groups is 1. The highest BCUT2D eigenvalue weighted by molar-refractivity contribution is 5.71. The first-order valence-corrected chi connectivity index (χ1v) is 8.39. The van der Waals surface area contributed by atoms with Crippen molar-refractivity contribution in [2.45, 2.75) is 57.8 Å². The molecule has 0 aliphatic heterocycles. The third-order valence-electron chi connectivity index (χ3n) is 4.04. The number of hydrogen-bond donors (Lipinski definition) is 1. The van der Waals surface area contributed by atoms with E-state index in [0.717, 1.165) is 12.8 Å². The van der Waals surface area contributed by atoms with Crippen molar-refractivity contribution in [2.24, 2.45) is 0 Å². The molecule has 1 aromatic carbocycles. The van der Waals surface area contributed by atoms with Gasteiger partial charge in [0.25, 0.3) is 0 Å². The molecule has 1 aliphatic carbocycles. The molecule has 0 spiro atoms. The van der Waals surface area contributed by atoms with Gasteiger partial charge < -0.3 is 19.5 Å². The molecule has 0 bridgehead atoms. The van der Waals surface area contributed by atoms with E-state index in [-0.39, 0.29) is 25.3 Å². The molecule has 1 N–H and O–H groups in total. The fourth-order valence-electron chi connectivity index (χ4n) is 2.73. The lowest BCUT2D eigenvalue weighted by Crippen LogP contribution is -2.45. The number of aliphatic hydroxyl groups excluding tert-OH is 1. The first-order chi connectivity index (χ1) is 11.1. The Morgan fingerprint density at radius 2 is 1.91 bits per heavy atom. The molecule has 0 heterocycles. The Hall–Kier alpha value is -1.59. The number of ether oxygens (including phenoxy) is 2. The van der Waals surface area contributed by atoms with E-state index in [2.05, 4.69) is 0 Å². The molecule has 1 fully saturated rings. The van der Waals surface area contributed by atoms with Gasteiger partial charge in [-0.2, -0.15) is 0 Å². The van der Waals surface area contributed by atoms with E-state index in [9.17, 15) is 9.90 Å². The minimum Gasteiger partial charge on any atom is -0.410 e. The van der Waals surface area contributed by atoms with Crippen LogP contribution in [0.4, 0.5) is 4.79 Å². The van der Waals surface area contributed by atoms with E-state index in [1.807, 2.05) is 32.0 Å². The lowest BCUT2D eigenvalue weighted by Gasteiger charge is -2.28. The Labute approximate surface area is 138 Å². The van der Waals surface area contributed by atoms with E-state index in [0.29, 0.717) is 5.75 Å². The highest BCUT2D eigenvalue weighted by Gasteiger charge is 2.24. The summed E-state index contributed by atoms with van der Waals surface area (Å²) in [5, 5.41) is 10.2. The average molecular weight is 321 g/mol. The summed E-state index contributed by atoms with van der Waals surface area (Å²) in [6.45, 7) is 4.26. The summed E-state index contributed by atoms with van der Waals surface area (Å²) in [4.78, 5) is 13.8. The highest BCUT2D eigenvalue weighted by atomic mass is 16.6. The van der Waals surface area contributed by atoms with Gasteiger partial charge in [-0.05, 0) is 38.8 Å². The molecule has 0 aromatic heterocycles. The Bertz CT molecular complexity index is 471. The molecule has 5 nitrogen and oxygen atoms in total. The van der Waals surface area contributed by atoms with Crippen LogP contribution in [0.2, 0.25) is 0 Å². The zero-order valence-electron chi connectivity index (χ0n) is 14.0. The van der Waals surface area contributed by atoms with Crippen molar-refractivity contribution in [1.82, 2.24) is 4.90 Å². The van der Waals surface area contributed by atoms with Crippen LogP contribution in [0.15, 0.2) is 30.3 Å². The minimum atomic E-state index is -0.707. The van der Waals surface area contributed by atoms with Crippen molar-refractivity contribution in [3.05, 3.63) is 30.3 Å². The second-order valence-corrected chi connectivity index (χ2v) is 6.32. The van der Waals surface area contributed by atoms with Gasteiger partial charge in [-0.3, -0.25) is 0 Å². The summed E-state index contributed by atoms with van der Waals surface area (Å²) >= 11 is 0. The van der Waals surface area contributed by atoms with Gasteiger partial charge in [0, 0.05) is 6.04 Å². The SMILES string of the molecule is CC(C)N(CC(O)COC1CCCC1)C(=O)Oc1ccccc1. The van der Waals surface area contributed by atoms with Gasteiger partial charge in [-0.15, -0.1) is 0 Å². The summed E-state index contributed by atoms with van der Waals surface area (Å²) < 4.78 is 11.1. The molecule has 2 rings (SSSR count). The Balaban J connectivity index is 1.83. The molecule has 23 heavy (non-hydrogen) atoms. The van der Waals surface area contributed by atoms with Gasteiger partial charge in [0.2, 0.25) is 0 Å². The van der Waals surface area contributed by atoms with Crippen LogP contribution in [-0.4, -0.2) is 47.5 Å². The van der Waals surface area contributed by atoms with E-state index >= 15 is 0 Å².